The molecule has 1 N–H and O–H groups in total. The van der Waals surface area contributed by atoms with Crippen molar-refractivity contribution in [3.05, 3.63) is 23.9 Å². The standard InChI is InChI=1S/C16H27N3O2/c1-5-9-17-15-8-7-14(12-18-15)16(20)19(10-11-21-4)13(3)6-2/h7-8,12-13H,5-6,9-11H2,1-4H3,(H,17,18). The maximum Gasteiger partial charge on any atom is 0.255 e. The molecular formula is C16H27N3O2. The summed E-state index contributed by atoms with van der Waals surface area (Å²) in [6.07, 6.45) is 3.60. The van der Waals surface area contributed by atoms with E-state index in [4.69, 9.17) is 4.74 Å². The maximum absolute atomic E-state index is 12.6. The Kier molecular flexibility index (Phi) is 7.75. The molecule has 0 radical (unpaired) electrons. The molecule has 1 aromatic heterocycles. The first-order chi connectivity index (χ1) is 10.1. The van der Waals surface area contributed by atoms with Crippen LogP contribution >= 0.6 is 0 Å². The van der Waals surface area contributed by atoms with Crippen molar-refractivity contribution in [1.29, 1.82) is 0 Å². The molecule has 1 unspecified atom stereocenters. The minimum Gasteiger partial charge on any atom is -0.383 e. The molecule has 5 nitrogen and oxygen atoms in total. The SMILES string of the molecule is CCCNc1ccc(C(=O)N(CCOC)C(C)CC)cn1. The van der Waals surface area contributed by atoms with E-state index in [2.05, 4.69) is 31.1 Å². The van der Waals surface area contributed by atoms with Crippen molar-refractivity contribution in [2.75, 3.05) is 32.1 Å². The lowest BCUT2D eigenvalue weighted by Gasteiger charge is -2.28. The van der Waals surface area contributed by atoms with Gasteiger partial charge in [-0.25, -0.2) is 4.98 Å². The normalized spacial score (nSPS) is 12.0. The van der Waals surface area contributed by atoms with E-state index < -0.39 is 0 Å². The van der Waals surface area contributed by atoms with Crippen LogP contribution in [0.15, 0.2) is 18.3 Å². The first kappa shape index (κ1) is 17.4. The average Bonchev–Trinajstić information content (AvgIpc) is 2.53. The number of rotatable bonds is 9. The van der Waals surface area contributed by atoms with Gasteiger partial charge in [-0.05, 0) is 31.9 Å². The molecule has 118 valence electrons. The number of nitrogens with zero attached hydrogens (tertiary/aromatic N) is 2. The van der Waals surface area contributed by atoms with Gasteiger partial charge in [-0.3, -0.25) is 4.79 Å². The van der Waals surface area contributed by atoms with E-state index in [1.165, 1.54) is 0 Å². The number of hydrogen-bond acceptors (Lipinski definition) is 4. The molecule has 0 saturated carbocycles. The Balaban J connectivity index is 2.77. The summed E-state index contributed by atoms with van der Waals surface area (Å²) in [4.78, 5) is 18.7. The molecule has 0 spiro atoms. The van der Waals surface area contributed by atoms with Gasteiger partial charge in [0.25, 0.3) is 5.91 Å². The van der Waals surface area contributed by atoms with Gasteiger partial charge in [0, 0.05) is 32.4 Å². The predicted octanol–water partition coefficient (Wildman–Crippen LogP) is 2.79. The number of ether oxygens (including phenoxy) is 1. The fourth-order valence-electron chi connectivity index (χ4n) is 1.98. The first-order valence-electron chi connectivity index (χ1n) is 7.63. The molecule has 1 atom stereocenters. The highest BCUT2D eigenvalue weighted by molar-refractivity contribution is 5.94. The van der Waals surface area contributed by atoms with Gasteiger partial charge in [0.1, 0.15) is 5.82 Å². The number of methoxy groups -OCH3 is 1. The second kappa shape index (κ2) is 9.34. The van der Waals surface area contributed by atoms with Crippen molar-refractivity contribution >= 4 is 11.7 Å². The molecule has 1 aromatic rings. The summed E-state index contributed by atoms with van der Waals surface area (Å²) in [6, 6.07) is 3.87. The third-order valence-electron chi connectivity index (χ3n) is 3.49. The van der Waals surface area contributed by atoms with Crippen molar-refractivity contribution in [3.8, 4) is 0 Å². The number of amides is 1. The van der Waals surface area contributed by atoms with Gasteiger partial charge in [0.2, 0.25) is 0 Å². The Morgan fingerprint density at radius 3 is 2.71 bits per heavy atom. The van der Waals surface area contributed by atoms with Crippen molar-refractivity contribution in [1.82, 2.24) is 9.88 Å². The number of carbonyl (C=O) groups excluding carboxylic acids is 1. The summed E-state index contributed by atoms with van der Waals surface area (Å²) in [5.74, 6) is 0.816. The molecule has 0 aliphatic rings. The zero-order valence-corrected chi connectivity index (χ0v) is 13.6. The van der Waals surface area contributed by atoms with Crippen molar-refractivity contribution in [2.45, 2.75) is 39.7 Å². The van der Waals surface area contributed by atoms with E-state index in [-0.39, 0.29) is 11.9 Å². The van der Waals surface area contributed by atoms with E-state index in [9.17, 15) is 4.79 Å². The number of hydrogen-bond donors (Lipinski definition) is 1. The number of anilines is 1. The van der Waals surface area contributed by atoms with Gasteiger partial charge >= 0.3 is 0 Å². The number of carbonyl (C=O) groups is 1. The summed E-state index contributed by atoms with van der Waals surface area (Å²) >= 11 is 0. The number of pyridine rings is 1. The molecule has 1 rings (SSSR count). The molecule has 5 heteroatoms. The highest BCUT2D eigenvalue weighted by Gasteiger charge is 2.20. The third kappa shape index (κ3) is 5.34. The first-order valence-corrected chi connectivity index (χ1v) is 7.63. The molecule has 1 amide bonds. The van der Waals surface area contributed by atoms with Crippen LogP contribution in [-0.2, 0) is 4.74 Å². The Labute approximate surface area is 127 Å². The van der Waals surface area contributed by atoms with Crippen LogP contribution in [0.4, 0.5) is 5.82 Å². The van der Waals surface area contributed by atoms with Crippen molar-refractivity contribution in [2.24, 2.45) is 0 Å². The van der Waals surface area contributed by atoms with Crippen LogP contribution in [-0.4, -0.2) is 48.6 Å². The topological polar surface area (TPSA) is 54.5 Å². The molecule has 0 aliphatic heterocycles. The second-order valence-electron chi connectivity index (χ2n) is 5.11. The van der Waals surface area contributed by atoms with E-state index in [0.29, 0.717) is 18.7 Å². The Morgan fingerprint density at radius 1 is 1.43 bits per heavy atom. The summed E-state index contributed by atoms with van der Waals surface area (Å²) < 4.78 is 5.10. The van der Waals surface area contributed by atoms with E-state index in [1.807, 2.05) is 17.0 Å². The van der Waals surface area contributed by atoms with Crippen LogP contribution in [0.2, 0.25) is 0 Å². The smallest absolute Gasteiger partial charge is 0.255 e. The van der Waals surface area contributed by atoms with E-state index in [1.54, 1.807) is 13.3 Å². The zero-order valence-electron chi connectivity index (χ0n) is 13.6. The average molecular weight is 293 g/mol. The van der Waals surface area contributed by atoms with E-state index >= 15 is 0 Å². The van der Waals surface area contributed by atoms with Crippen LogP contribution in [0.1, 0.15) is 44.0 Å². The minimum atomic E-state index is 0.0101. The fraction of sp³-hybridized carbons (Fsp3) is 0.625. The van der Waals surface area contributed by atoms with Gasteiger partial charge in [-0.2, -0.15) is 0 Å². The molecule has 0 aliphatic carbocycles. The largest absolute Gasteiger partial charge is 0.383 e. The third-order valence-corrected chi connectivity index (χ3v) is 3.49. The molecule has 0 bridgehead atoms. The Hall–Kier alpha value is -1.62. The summed E-state index contributed by atoms with van der Waals surface area (Å²) in [7, 11) is 1.65. The van der Waals surface area contributed by atoms with Crippen LogP contribution < -0.4 is 5.32 Å². The molecular weight excluding hydrogens is 266 g/mol. The highest BCUT2D eigenvalue weighted by atomic mass is 16.5. The minimum absolute atomic E-state index is 0.0101. The van der Waals surface area contributed by atoms with Crippen LogP contribution in [0.5, 0.6) is 0 Å². The predicted molar refractivity (Wildman–Crippen MR) is 85.7 cm³/mol. The summed E-state index contributed by atoms with van der Waals surface area (Å²) in [5, 5.41) is 3.20. The monoisotopic (exact) mass is 293 g/mol. The quantitative estimate of drug-likeness (QED) is 0.760. The van der Waals surface area contributed by atoms with Crippen molar-refractivity contribution < 1.29 is 9.53 Å². The summed E-state index contributed by atoms with van der Waals surface area (Å²) in [5.41, 5.74) is 0.619. The summed E-state index contributed by atoms with van der Waals surface area (Å²) in [6.45, 7) is 8.25. The van der Waals surface area contributed by atoms with Gasteiger partial charge in [0.05, 0.1) is 12.2 Å². The Morgan fingerprint density at radius 2 is 2.19 bits per heavy atom. The molecule has 1 heterocycles. The molecule has 0 saturated heterocycles. The Bertz CT molecular complexity index is 420. The lowest BCUT2D eigenvalue weighted by Crippen LogP contribution is -2.40. The highest BCUT2D eigenvalue weighted by Crippen LogP contribution is 2.12. The zero-order chi connectivity index (χ0) is 15.7. The lowest BCUT2D eigenvalue weighted by molar-refractivity contribution is 0.0613. The van der Waals surface area contributed by atoms with Gasteiger partial charge in [-0.15, -0.1) is 0 Å². The molecule has 21 heavy (non-hydrogen) atoms. The number of aromatic nitrogens is 1. The van der Waals surface area contributed by atoms with Crippen LogP contribution in [0, 0.1) is 0 Å². The lowest BCUT2D eigenvalue weighted by atomic mass is 10.1. The maximum atomic E-state index is 12.6. The van der Waals surface area contributed by atoms with Gasteiger partial charge < -0.3 is 15.0 Å². The van der Waals surface area contributed by atoms with Crippen LogP contribution in [0.25, 0.3) is 0 Å². The van der Waals surface area contributed by atoms with Gasteiger partial charge in [-0.1, -0.05) is 13.8 Å². The van der Waals surface area contributed by atoms with Crippen molar-refractivity contribution in [3.63, 3.8) is 0 Å². The molecule has 0 fully saturated rings. The van der Waals surface area contributed by atoms with Crippen LogP contribution in [0.3, 0.4) is 0 Å². The second-order valence-corrected chi connectivity index (χ2v) is 5.11. The van der Waals surface area contributed by atoms with E-state index in [0.717, 1.165) is 25.2 Å². The molecule has 0 aromatic carbocycles. The fourth-order valence-corrected chi connectivity index (χ4v) is 1.98. The number of nitrogens with one attached hydrogen (secondary N) is 1. The van der Waals surface area contributed by atoms with Gasteiger partial charge in [0.15, 0.2) is 0 Å².